The Labute approximate surface area is 138 Å². The van der Waals surface area contributed by atoms with Crippen LogP contribution in [0.15, 0.2) is 35.9 Å². The van der Waals surface area contributed by atoms with Gasteiger partial charge in [0.2, 0.25) is 0 Å². The molecule has 0 aliphatic heterocycles. The predicted octanol–water partition coefficient (Wildman–Crippen LogP) is 0.664. The third-order valence-electron chi connectivity index (χ3n) is 3.64. The molecule has 1 aliphatic rings. The van der Waals surface area contributed by atoms with Gasteiger partial charge in [0, 0.05) is 12.5 Å². The van der Waals surface area contributed by atoms with E-state index in [1.807, 2.05) is 0 Å². The van der Waals surface area contributed by atoms with Crippen molar-refractivity contribution in [2.75, 3.05) is 0 Å². The second-order valence-electron chi connectivity index (χ2n) is 5.49. The van der Waals surface area contributed by atoms with E-state index in [-0.39, 0.29) is 29.3 Å². The Bertz CT molecular complexity index is 705. The van der Waals surface area contributed by atoms with Crippen molar-refractivity contribution in [1.82, 2.24) is 0 Å². The summed E-state index contributed by atoms with van der Waals surface area (Å²) in [6.07, 6.45) is 0.125. The van der Waals surface area contributed by atoms with Crippen LogP contribution in [0.25, 0.3) is 6.08 Å². The molecule has 3 atom stereocenters. The summed E-state index contributed by atoms with van der Waals surface area (Å²) in [7, 11) is 0. The zero-order valence-electron chi connectivity index (χ0n) is 12.9. The maximum absolute atomic E-state index is 11.8. The number of aromatic hydroxyl groups is 2. The van der Waals surface area contributed by atoms with Gasteiger partial charge >= 0.3 is 5.97 Å². The molecule has 128 valence electrons. The Balaban J connectivity index is 2.07. The first-order valence-electron chi connectivity index (χ1n) is 7.26. The molecule has 0 heterocycles. The molecule has 0 aromatic heterocycles. The topological polar surface area (TPSA) is 124 Å². The van der Waals surface area contributed by atoms with Gasteiger partial charge in [0.1, 0.15) is 12.2 Å². The lowest BCUT2D eigenvalue weighted by Gasteiger charge is -2.29. The minimum atomic E-state index is -1.32. The second-order valence-corrected chi connectivity index (χ2v) is 5.49. The van der Waals surface area contributed by atoms with Crippen LogP contribution in [0.5, 0.6) is 11.5 Å². The van der Waals surface area contributed by atoms with Crippen LogP contribution in [0.1, 0.15) is 18.9 Å². The average molecular weight is 334 g/mol. The van der Waals surface area contributed by atoms with E-state index in [0.717, 1.165) is 6.08 Å². The number of hydrogen-bond donors (Lipinski definition) is 4. The minimum Gasteiger partial charge on any atom is -0.504 e. The highest BCUT2D eigenvalue weighted by atomic mass is 16.6. The van der Waals surface area contributed by atoms with Crippen molar-refractivity contribution >= 4 is 17.8 Å². The summed E-state index contributed by atoms with van der Waals surface area (Å²) in [4.78, 5) is 23.2. The fourth-order valence-corrected chi connectivity index (χ4v) is 2.28. The van der Waals surface area contributed by atoms with Gasteiger partial charge < -0.3 is 25.2 Å². The van der Waals surface area contributed by atoms with Gasteiger partial charge in [-0.2, -0.15) is 0 Å². The molecule has 7 nitrogen and oxygen atoms in total. The maximum Gasteiger partial charge on any atom is 0.331 e. The molecule has 0 amide bonds. The Morgan fingerprint density at radius 1 is 1.21 bits per heavy atom. The standard InChI is InChI=1S/C17H18O7/c1-9(18)11-7-14(21)17(23)15(8-11)24-16(22)5-3-10-2-4-12(19)13(20)6-10/h2-6,8,14-15,17,19-21,23H,7H2,1H3/b5-3+/t14-,15-,17-/m1/s1. The lowest BCUT2D eigenvalue weighted by atomic mass is 9.90. The number of rotatable bonds is 4. The van der Waals surface area contributed by atoms with Gasteiger partial charge in [-0.05, 0) is 42.3 Å². The summed E-state index contributed by atoms with van der Waals surface area (Å²) in [5, 5.41) is 38.2. The third kappa shape index (κ3) is 4.21. The third-order valence-corrected chi connectivity index (χ3v) is 3.64. The molecule has 1 aliphatic carbocycles. The zero-order chi connectivity index (χ0) is 17.9. The van der Waals surface area contributed by atoms with Crippen molar-refractivity contribution in [3.8, 4) is 11.5 Å². The van der Waals surface area contributed by atoms with E-state index in [4.69, 9.17) is 4.74 Å². The highest BCUT2D eigenvalue weighted by molar-refractivity contribution is 5.94. The molecule has 24 heavy (non-hydrogen) atoms. The molecule has 0 spiro atoms. The summed E-state index contributed by atoms with van der Waals surface area (Å²) >= 11 is 0. The van der Waals surface area contributed by atoms with Gasteiger partial charge in [0.05, 0.1) is 6.10 Å². The lowest BCUT2D eigenvalue weighted by molar-refractivity contribution is -0.150. The van der Waals surface area contributed by atoms with Crippen LogP contribution >= 0.6 is 0 Å². The summed E-state index contributed by atoms with van der Waals surface area (Å²) in [6.45, 7) is 1.33. The SMILES string of the molecule is CC(=O)C1=C[C@@H](OC(=O)/C=C/c2ccc(O)c(O)c2)[C@H](O)[C@H](O)C1. The first kappa shape index (κ1) is 17.7. The van der Waals surface area contributed by atoms with Crippen molar-refractivity contribution in [3.05, 3.63) is 41.5 Å². The molecule has 1 aromatic carbocycles. The quantitative estimate of drug-likeness (QED) is 0.362. The van der Waals surface area contributed by atoms with E-state index < -0.39 is 24.3 Å². The monoisotopic (exact) mass is 334 g/mol. The molecular formula is C17H18O7. The number of ketones is 1. The molecule has 1 aromatic rings. The second kappa shape index (κ2) is 7.29. The number of aliphatic hydroxyl groups excluding tert-OH is 2. The summed E-state index contributed by atoms with van der Waals surface area (Å²) in [5.74, 6) is -1.67. The Morgan fingerprint density at radius 3 is 2.54 bits per heavy atom. The molecule has 0 fully saturated rings. The fourth-order valence-electron chi connectivity index (χ4n) is 2.28. The molecule has 0 saturated heterocycles. The molecule has 2 rings (SSSR count). The largest absolute Gasteiger partial charge is 0.504 e. The normalized spacial score (nSPS) is 23.8. The summed E-state index contributed by atoms with van der Waals surface area (Å²) < 4.78 is 5.05. The van der Waals surface area contributed by atoms with E-state index in [9.17, 15) is 30.0 Å². The van der Waals surface area contributed by atoms with E-state index in [0.29, 0.717) is 5.56 Å². The Morgan fingerprint density at radius 2 is 1.92 bits per heavy atom. The predicted molar refractivity (Wildman–Crippen MR) is 84.1 cm³/mol. The summed E-state index contributed by atoms with van der Waals surface area (Å²) in [5.41, 5.74) is 0.740. The van der Waals surface area contributed by atoms with Crippen molar-refractivity contribution in [1.29, 1.82) is 0 Å². The van der Waals surface area contributed by atoms with Gasteiger partial charge in [0.25, 0.3) is 0 Å². The van der Waals surface area contributed by atoms with Gasteiger partial charge in [-0.15, -0.1) is 0 Å². The smallest absolute Gasteiger partial charge is 0.331 e. The van der Waals surface area contributed by atoms with Crippen LogP contribution in [-0.2, 0) is 14.3 Å². The number of phenols is 2. The van der Waals surface area contributed by atoms with Crippen LogP contribution in [0.3, 0.4) is 0 Å². The van der Waals surface area contributed by atoms with E-state index in [2.05, 4.69) is 0 Å². The highest BCUT2D eigenvalue weighted by Gasteiger charge is 2.33. The number of aliphatic hydroxyl groups is 2. The number of hydrogen-bond acceptors (Lipinski definition) is 7. The zero-order valence-corrected chi connectivity index (χ0v) is 12.9. The fraction of sp³-hybridized carbons (Fsp3) is 0.294. The molecule has 0 radical (unpaired) electrons. The van der Waals surface area contributed by atoms with E-state index in [1.165, 1.54) is 37.3 Å². The number of phenolic OH excluding ortho intramolecular Hbond substituents is 2. The maximum atomic E-state index is 11.8. The molecule has 4 N–H and O–H groups in total. The van der Waals surface area contributed by atoms with Gasteiger partial charge in [-0.3, -0.25) is 4.79 Å². The first-order valence-corrected chi connectivity index (χ1v) is 7.26. The molecule has 0 unspecified atom stereocenters. The van der Waals surface area contributed by atoms with Crippen LogP contribution in [-0.4, -0.2) is 50.5 Å². The number of benzene rings is 1. The van der Waals surface area contributed by atoms with Crippen molar-refractivity contribution in [2.24, 2.45) is 0 Å². The first-order chi connectivity index (χ1) is 11.3. The molecule has 7 heteroatoms. The van der Waals surface area contributed by atoms with E-state index in [1.54, 1.807) is 0 Å². The van der Waals surface area contributed by atoms with Crippen molar-refractivity contribution < 1.29 is 34.8 Å². The van der Waals surface area contributed by atoms with Gasteiger partial charge in [-0.1, -0.05) is 6.07 Å². The Hall–Kier alpha value is -2.64. The molecular weight excluding hydrogens is 316 g/mol. The van der Waals surface area contributed by atoms with Crippen LogP contribution in [0.2, 0.25) is 0 Å². The average Bonchev–Trinajstić information content (AvgIpc) is 2.52. The lowest BCUT2D eigenvalue weighted by Crippen LogP contribution is -2.43. The van der Waals surface area contributed by atoms with E-state index >= 15 is 0 Å². The Kier molecular flexibility index (Phi) is 5.38. The van der Waals surface area contributed by atoms with Gasteiger partial charge in [-0.25, -0.2) is 4.79 Å². The van der Waals surface area contributed by atoms with Gasteiger partial charge in [0.15, 0.2) is 17.3 Å². The number of esters is 1. The van der Waals surface area contributed by atoms with Crippen molar-refractivity contribution in [3.63, 3.8) is 0 Å². The molecule has 0 bridgehead atoms. The summed E-state index contributed by atoms with van der Waals surface area (Å²) in [6, 6.07) is 4.00. The number of Topliss-reactive ketones (excluding diaryl/α,β-unsaturated/α-hetero) is 1. The van der Waals surface area contributed by atoms with Crippen LogP contribution < -0.4 is 0 Å². The van der Waals surface area contributed by atoms with Crippen LogP contribution in [0.4, 0.5) is 0 Å². The molecule has 0 saturated carbocycles. The van der Waals surface area contributed by atoms with Crippen LogP contribution in [0, 0.1) is 0 Å². The highest BCUT2D eigenvalue weighted by Crippen LogP contribution is 2.26. The van der Waals surface area contributed by atoms with Crippen molar-refractivity contribution in [2.45, 2.75) is 31.7 Å². The number of carbonyl (C=O) groups excluding carboxylic acids is 2. The number of ether oxygens (including phenoxy) is 1. The number of carbonyl (C=O) groups is 2. The minimum absolute atomic E-state index is 0.00712.